The fraction of sp³-hybridized carbons (Fsp3) is 0.148. The van der Waals surface area contributed by atoms with Gasteiger partial charge in [-0.15, -0.1) is 0 Å². The molecule has 35 heavy (non-hydrogen) atoms. The van der Waals surface area contributed by atoms with Crippen molar-refractivity contribution in [3.05, 3.63) is 96.8 Å². The fourth-order valence-electron chi connectivity index (χ4n) is 3.60. The summed E-state index contributed by atoms with van der Waals surface area (Å²) in [6, 6.07) is 23.7. The van der Waals surface area contributed by atoms with Gasteiger partial charge in [-0.1, -0.05) is 18.2 Å². The van der Waals surface area contributed by atoms with Crippen LogP contribution in [0.15, 0.2) is 91.3 Å². The zero-order chi connectivity index (χ0) is 23.9. The van der Waals surface area contributed by atoms with Crippen LogP contribution in [0.3, 0.4) is 0 Å². The largest absolute Gasteiger partial charge is 0.457 e. The van der Waals surface area contributed by atoms with Crippen molar-refractivity contribution < 1.29 is 19.0 Å². The number of hydrogen-bond donors (Lipinski definition) is 1. The van der Waals surface area contributed by atoms with E-state index >= 15 is 0 Å². The van der Waals surface area contributed by atoms with Crippen molar-refractivity contribution in [2.75, 3.05) is 36.5 Å². The van der Waals surface area contributed by atoms with Gasteiger partial charge >= 0.3 is 0 Å². The zero-order valence-corrected chi connectivity index (χ0v) is 19.0. The molecule has 1 fully saturated rings. The first kappa shape index (κ1) is 22.4. The average Bonchev–Trinajstić information content (AvgIpc) is 2.92. The van der Waals surface area contributed by atoms with Crippen molar-refractivity contribution in [1.82, 2.24) is 9.97 Å². The topological polar surface area (TPSA) is 85.8 Å². The number of nitrogens with one attached hydrogen (secondary N) is 1. The van der Waals surface area contributed by atoms with E-state index in [1.54, 1.807) is 48.8 Å². The van der Waals surface area contributed by atoms with E-state index in [4.69, 9.17) is 14.2 Å². The minimum atomic E-state index is -0.221. The first-order chi connectivity index (χ1) is 17.2. The average molecular weight is 469 g/mol. The Morgan fingerprint density at radius 3 is 2.14 bits per heavy atom. The molecule has 176 valence electrons. The summed E-state index contributed by atoms with van der Waals surface area (Å²) in [5.74, 6) is 2.89. The summed E-state index contributed by atoms with van der Waals surface area (Å²) >= 11 is 0. The summed E-state index contributed by atoms with van der Waals surface area (Å²) in [5.41, 5.74) is 1.18. The number of amides is 1. The van der Waals surface area contributed by atoms with E-state index in [0.717, 1.165) is 18.8 Å². The molecule has 8 nitrogen and oxygen atoms in total. The van der Waals surface area contributed by atoms with Crippen LogP contribution in [0.2, 0.25) is 0 Å². The van der Waals surface area contributed by atoms with Crippen molar-refractivity contribution in [3.63, 3.8) is 0 Å². The molecule has 0 unspecified atom stereocenters. The fourth-order valence-corrected chi connectivity index (χ4v) is 3.60. The Bertz CT molecular complexity index is 1260. The number of benzene rings is 3. The molecule has 4 aromatic rings. The smallest absolute Gasteiger partial charge is 0.263 e. The summed E-state index contributed by atoms with van der Waals surface area (Å²) in [6.07, 6.45) is 3.24. The summed E-state index contributed by atoms with van der Waals surface area (Å²) in [4.78, 5) is 23.6. The molecule has 1 amide bonds. The molecule has 3 aromatic carbocycles. The molecule has 0 spiro atoms. The van der Waals surface area contributed by atoms with Crippen molar-refractivity contribution in [3.8, 4) is 23.1 Å². The van der Waals surface area contributed by atoms with Crippen LogP contribution in [0.5, 0.6) is 23.1 Å². The van der Waals surface area contributed by atoms with E-state index in [1.165, 1.54) is 0 Å². The quantitative estimate of drug-likeness (QED) is 0.401. The van der Waals surface area contributed by atoms with E-state index in [2.05, 4.69) is 20.2 Å². The molecule has 0 atom stereocenters. The predicted molar refractivity (Wildman–Crippen MR) is 132 cm³/mol. The number of nitrogens with zero attached hydrogens (tertiary/aromatic N) is 3. The molecule has 2 heterocycles. The first-order valence-corrected chi connectivity index (χ1v) is 11.3. The number of rotatable bonds is 7. The zero-order valence-electron chi connectivity index (χ0n) is 19.0. The SMILES string of the molecule is O=C(Nc1ccc(Oc2ccccc2)cc1)c1ccc(Oc2nccnc2N2CCOCC2)cc1. The molecule has 0 radical (unpaired) electrons. The third-order valence-electron chi connectivity index (χ3n) is 5.38. The Hall–Kier alpha value is -4.43. The van der Waals surface area contributed by atoms with Crippen LogP contribution in [0, 0.1) is 0 Å². The summed E-state index contributed by atoms with van der Waals surface area (Å²) < 4.78 is 17.2. The molecule has 1 aliphatic rings. The second-order valence-electron chi connectivity index (χ2n) is 7.80. The number of anilines is 2. The number of hydrogen-bond acceptors (Lipinski definition) is 7. The van der Waals surface area contributed by atoms with Gasteiger partial charge < -0.3 is 24.4 Å². The number of carbonyl (C=O) groups excluding carboxylic acids is 1. The van der Waals surface area contributed by atoms with Crippen LogP contribution in [-0.2, 0) is 4.74 Å². The molecular weight excluding hydrogens is 444 g/mol. The second kappa shape index (κ2) is 10.7. The summed E-state index contributed by atoms with van der Waals surface area (Å²) in [6.45, 7) is 2.74. The highest BCUT2D eigenvalue weighted by molar-refractivity contribution is 6.04. The molecular formula is C27H24N4O4. The van der Waals surface area contributed by atoms with Gasteiger partial charge in [0.25, 0.3) is 11.8 Å². The second-order valence-corrected chi connectivity index (χ2v) is 7.80. The van der Waals surface area contributed by atoms with Gasteiger partial charge in [0.2, 0.25) is 0 Å². The predicted octanol–water partition coefficient (Wildman–Crippen LogP) is 5.15. The monoisotopic (exact) mass is 468 g/mol. The van der Waals surface area contributed by atoms with Gasteiger partial charge in [-0.2, -0.15) is 0 Å². The molecule has 1 aliphatic heterocycles. The van der Waals surface area contributed by atoms with E-state index in [-0.39, 0.29) is 5.91 Å². The first-order valence-electron chi connectivity index (χ1n) is 11.3. The van der Waals surface area contributed by atoms with Gasteiger partial charge in [-0.25, -0.2) is 9.97 Å². The molecule has 1 N–H and O–H groups in total. The Balaban J connectivity index is 1.20. The maximum Gasteiger partial charge on any atom is 0.263 e. The van der Waals surface area contributed by atoms with Gasteiger partial charge in [-0.3, -0.25) is 4.79 Å². The maximum absolute atomic E-state index is 12.7. The van der Waals surface area contributed by atoms with Crippen molar-refractivity contribution in [2.45, 2.75) is 0 Å². The Kier molecular flexibility index (Phi) is 6.82. The van der Waals surface area contributed by atoms with E-state index in [1.807, 2.05) is 42.5 Å². The van der Waals surface area contributed by atoms with Crippen LogP contribution in [-0.4, -0.2) is 42.2 Å². The molecule has 0 aliphatic carbocycles. The number of morpholine rings is 1. The van der Waals surface area contributed by atoms with Crippen LogP contribution in [0.4, 0.5) is 11.5 Å². The Morgan fingerprint density at radius 1 is 0.771 bits per heavy atom. The maximum atomic E-state index is 12.7. The third kappa shape index (κ3) is 5.74. The van der Waals surface area contributed by atoms with Crippen molar-refractivity contribution in [1.29, 1.82) is 0 Å². The lowest BCUT2D eigenvalue weighted by Gasteiger charge is -2.28. The normalized spacial score (nSPS) is 13.2. The van der Waals surface area contributed by atoms with Crippen LogP contribution in [0.25, 0.3) is 0 Å². The number of ether oxygens (including phenoxy) is 3. The molecule has 1 saturated heterocycles. The minimum Gasteiger partial charge on any atom is -0.457 e. The Morgan fingerprint density at radius 2 is 1.40 bits per heavy atom. The van der Waals surface area contributed by atoms with Crippen molar-refractivity contribution in [2.24, 2.45) is 0 Å². The van der Waals surface area contributed by atoms with Gasteiger partial charge in [0, 0.05) is 36.7 Å². The van der Waals surface area contributed by atoms with Crippen LogP contribution in [0.1, 0.15) is 10.4 Å². The number of carbonyl (C=O) groups is 1. The van der Waals surface area contributed by atoms with E-state index in [0.29, 0.717) is 47.7 Å². The molecule has 8 heteroatoms. The highest BCUT2D eigenvalue weighted by Crippen LogP contribution is 2.29. The lowest BCUT2D eigenvalue weighted by atomic mass is 10.2. The van der Waals surface area contributed by atoms with E-state index in [9.17, 15) is 4.79 Å². The highest BCUT2D eigenvalue weighted by atomic mass is 16.5. The lowest BCUT2D eigenvalue weighted by Crippen LogP contribution is -2.37. The van der Waals surface area contributed by atoms with Gasteiger partial charge in [-0.05, 0) is 60.7 Å². The van der Waals surface area contributed by atoms with E-state index < -0.39 is 0 Å². The standard InChI is InChI=1S/C27H24N4O4/c32-26(30-21-8-12-23(13-9-21)34-22-4-2-1-3-5-22)20-6-10-24(11-7-20)35-27-25(28-14-15-29-27)31-16-18-33-19-17-31/h1-15H,16-19H2,(H,30,32). The number of aromatic nitrogens is 2. The third-order valence-corrected chi connectivity index (χ3v) is 5.38. The van der Waals surface area contributed by atoms with Gasteiger partial charge in [0.1, 0.15) is 17.2 Å². The Labute approximate surface area is 203 Å². The summed E-state index contributed by atoms with van der Waals surface area (Å²) in [7, 11) is 0. The van der Waals surface area contributed by atoms with Gasteiger partial charge in [0.05, 0.1) is 13.2 Å². The molecule has 0 bridgehead atoms. The summed E-state index contributed by atoms with van der Waals surface area (Å²) in [5, 5.41) is 2.89. The van der Waals surface area contributed by atoms with Crippen LogP contribution >= 0.6 is 0 Å². The number of para-hydroxylation sites is 1. The molecule has 0 saturated carbocycles. The van der Waals surface area contributed by atoms with Crippen LogP contribution < -0.4 is 19.7 Å². The van der Waals surface area contributed by atoms with Gasteiger partial charge in [0.15, 0.2) is 5.82 Å². The molecule has 1 aromatic heterocycles. The van der Waals surface area contributed by atoms with Crippen molar-refractivity contribution >= 4 is 17.4 Å². The highest BCUT2D eigenvalue weighted by Gasteiger charge is 2.18. The molecule has 5 rings (SSSR count). The lowest BCUT2D eigenvalue weighted by molar-refractivity contribution is 0.102. The minimum absolute atomic E-state index is 0.221.